The van der Waals surface area contributed by atoms with E-state index < -0.39 is 6.29 Å². The molecule has 166 valence electrons. The summed E-state index contributed by atoms with van der Waals surface area (Å²) in [6.45, 7) is 9.64. The van der Waals surface area contributed by atoms with Gasteiger partial charge < -0.3 is 18.9 Å². The molecule has 0 unspecified atom stereocenters. The van der Waals surface area contributed by atoms with Gasteiger partial charge in [0.25, 0.3) is 6.29 Å². The second-order valence-corrected chi connectivity index (χ2v) is 7.44. The van der Waals surface area contributed by atoms with Crippen molar-refractivity contribution in [3.05, 3.63) is 108 Å². The highest BCUT2D eigenvalue weighted by atomic mass is 16.7. The zero-order chi connectivity index (χ0) is 22.9. The molecule has 0 N–H and O–H groups in total. The van der Waals surface area contributed by atoms with Gasteiger partial charge in [0.15, 0.2) is 23.0 Å². The molecule has 0 fully saturated rings. The average molecular weight is 431 g/mol. The standard InChI is InChI=1S/C28H30O4/c1-6-9-21-13-15-24(26(18-21)29-4)31-28(23-12-8-11-20(3)17-23)32-25-16-14-22(10-7-2)19-27(25)30-5/h6-8,11-19,28H,1-2,9-10H2,3-5H3. The topological polar surface area (TPSA) is 36.9 Å². The molecule has 0 saturated heterocycles. The van der Waals surface area contributed by atoms with Gasteiger partial charge in [0.1, 0.15) is 0 Å². The van der Waals surface area contributed by atoms with E-state index in [-0.39, 0.29) is 0 Å². The Morgan fingerprint density at radius 3 is 1.69 bits per heavy atom. The van der Waals surface area contributed by atoms with Gasteiger partial charge in [-0.25, -0.2) is 0 Å². The van der Waals surface area contributed by atoms with E-state index in [1.54, 1.807) is 14.2 Å². The SMILES string of the molecule is C=CCc1ccc(OC(Oc2ccc(CC=C)cc2OC)c2cccc(C)c2)c(OC)c1. The molecule has 3 aromatic carbocycles. The molecule has 3 rings (SSSR count). The number of ether oxygens (including phenoxy) is 4. The molecule has 3 aromatic rings. The highest BCUT2D eigenvalue weighted by Gasteiger charge is 2.20. The van der Waals surface area contributed by atoms with E-state index in [9.17, 15) is 0 Å². The van der Waals surface area contributed by atoms with Crippen LogP contribution < -0.4 is 18.9 Å². The summed E-state index contributed by atoms with van der Waals surface area (Å²) >= 11 is 0. The van der Waals surface area contributed by atoms with Crippen LogP contribution in [0.2, 0.25) is 0 Å². The predicted molar refractivity (Wildman–Crippen MR) is 129 cm³/mol. The second-order valence-electron chi connectivity index (χ2n) is 7.44. The lowest BCUT2D eigenvalue weighted by atomic mass is 10.1. The van der Waals surface area contributed by atoms with Gasteiger partial charge in [-0.05, 0) is 61.2 Å². The van der Waals surface area contributed by atoms with E-state index in [1.165, 1.54) is 0 Å². The Morgan fingerprint density at radius 2 is 1.25 bits per heavy atom. The minimum Gasteiger partial charge on any atom is -0.493 e. The molecule has 4 nitrogen and oxygen atoms in total. The van der Waals surface area contributed by atoms with Crippen LogP contribution in [0.3, 0.4) is 0 Å². The van der Waals surface area contributed by atoms with Crippen molar-refractivity contribution in [1.29, 1.82) is 0 Å². The zero-order valence-electron chi connectivity index (χ0n) is 19.0. The van der Waals surface area contributed by atoms with Gasteiger partial charge >= 0.3 is 0 Å². The maximum absolute atomic E-state index is 6.35. The van der Waals surface area contributed by atoms with Crippen molar-refractivity contribution in [2.75, 3.05) is 14.2 Å². The number of methoxy groups -OCH3 is 2. The molecule has 0 saturated carbocycles. The van der Waals surface area contributed by atoms with Crippen molar-refractivity contribution < 1.29 is 18.9 Å². The number of hydrogen-bond acceptors (Lipinski definition) is 4. The lowest BCUT2D eigenvalue weighted by Crippen LogP contribution is -2.16. The molecule has 0 spiro atoms. The lowest BCUT2D eigenvalue weighted by Gasteiger charge is -2.23. The third kappa shape index (κ3) is 5.73. The lowest BCUT2D eigenvalue weighted by molar-refractivity contribution is 0.000105. The van der Waals surface area contributed by atoms with Crippen molar-refractivity contribution in [1.82, 2.24) is 0 Å². The summed E-state index contributed by atoms with van der Waals surface area (Å²) in [6.07, 6.45) is 4.52. The summed E-state index contributed by atoms with van der Waals surface area (Å²) in [5.41, 5.74) is 4.19. The molecule has 0 amide bonds. The van der Waals surface area contributed by atoms with Crippen LogP contribution in [0.5, 0.6) is 23.0 Å². The summed E-state index contributed by atoms with van der Waals surface area (Å²) in [5.74, 6) is 2.46. The normalized spacial score (nSPS) is 10.5. The van der Waals surface area contributed by atoms with Crippen LogP contribution in [0.25, 0.3) is 0 Å². The zero-order valence-corrected chi connectivity index (χ0v) is 19.0. The van der Waals surface area contributed by atoms with E-state index in [2.05, 4.69) is 13.2 Å². The third-order valence-electron chi connectivity index (χ3n) is 5.00. The fraction of sp³-hybridized carbons (Fsp3) is 0.214. The molecule has 0 aromatic heterocycles. The minimum absolute atomic E-state index is 0.592. The quantitative estimate of drug-likeness (QED) is 0.253. The molecule has 0 bridgehead atoms. The first-order chi connectivity index (χ1) is 15.6. The highest BCUT2D eigenvalue weighted by Crippen LogP contribution is 2.36. The smallest absolute Gasteiger partial charge is 0.267 e. The first-order valence-electron chi connectivity index (χ1n) is 10.5. The van der Waals surface area contributed by atoms with Crippen LogP contribution in [0.1, 0.15) is 28.5 Å². The Balaban J connectivity index is 1.97. The molecule has 0 aliphatic carbocycles. The van der Waals surface area contributed by atoms with Gasteiger partial charge in [0.05, 0.1) is 14.2 Å². The fourth-order valence-corrected chi connectivity index (χ4v) is 3.41. The second kappa shape index (κ2) is 11.1. The Bertz CT molecular complexity index is 1010. The molecule has 32 heavy (non-hydrogen) atoms. The molecule has 0 atom stereocenters. The van der Waals surface area contributed by atoms with Crippen molar-refractivity contribution in [3.8, 4) is 23.0 Å². The molecule has 4 heteroatoms. The van der Waals surface area contributed by atoms with Crippen LogP contribution in [-0.4, -0.2) is 14.2 Å². The average Bonchev–Trinajstić information content (AvgIpc) is 2.80. The molecule has 0 aliphatic rings. The first kappa shape index (κ1) is 23.0. The van der Waals surface area contributed by atoms with Crippen molar-refractivity contribution in [3.63, 3.8) is 0 Å². The Morgan fingerprint density at radius 1 is 0.719 bits per heavy atom. The Hall–Kier alpha value is -3.66. The van der Waals surface area contributed by atoms with Crippen molar-refractivity contribution in [2.24, 2.45) is 0 Å². The Labute approximate surface area is 190 Å². The van der Waals surface area contributed by atoms with E-state index in [0.717, 1.165) is 35.1 Å². The maximum Gasteiger partial charge on any atom is 0.267 e. The van der Waals surface area contributed by atoms with Gasteiger partial charge in [0.2, 0.25) is 0 Å². The number of allylic oxidation sites excluding steroid dienone is 2. The monoisotopic (exact) mass is 430 g/mol. The van der Waals surface area contributed by atoms with Gasteiger partial charge in [-0.1, -0.05) is 48.0 Å². The van der Waals surface area contributed by atoms with Gasteiger partial charge in [-0.2, -0.15) is 0 Å². The maximum atomic E-state index is 6.35. The summed E-state index contributed by atoms with van der Waals surface area (Å²) in [4.78, 5) is 0. The van der Waals surface area contributed by atoms with E-state index in [4.69, 9.17) is 18.9 Å². The van der Waals surface area contributed by atoms with E-state index >= 15 is 0 Å². The molecule has 0 aliphatic heterocycles. The van der Waals surface area contributed by atoms with Gasteiger partial charge in [-0.3, -0.25) is 0 Å². The largest absolute Gasteiger partial charge is 0.493 e. The number of benzene rings is 3. The molecule has 0 heterocycles. The summed E-state index contributed by atoms with van der Waals surface area (Å²) in [5, 5.41) is 0. The summed E-state index contributed by atoms with van der Waals surface area (Å²) in [7, 11) is 3.26. The van der Waals surface area contributed by atoms with Crippen molar-refractivity contribution >= 4 is 0 Å². The highest BCUT2D eigenvalue weighted by molar-refractivity contribution is 5.45. The van der Waals surface area contributed by atoms with Crippen LogP contribution in [0.15, 0.2) is 86.0 Å². The third-order valence-corrected chi connectivity index (χ3v) is 5.00. The molecular weight excluding hydrogens is 400 g/mol. The predicted octanol–water partition coefficient (Wildman–Crippen LogP) is 6.63. The van der Waals surface area contributed by atoms with Crippen LogP contribution in [0.4, 0.5) is 0 Å². The molecular formula is C28H30O4. The summed E-state index contributed by atoms with van der Waals surface area (Å²) in [6, 6.07) is 19.7. The van der Waals surface area contributed by atoms with Gasteiger partial charge in [0, 0.05) is 5.56 Å². The fourth-order valence-electron chi connectivity index (χ4n) is 3.41. The van der Waals surface area contributed by atoms with E-state index in [1.807, 2.05) is 79.7 Å². The molecule has 0 radical (unpaired) electrons. The van der Waals surface area contributed by atoms with Crippen LogP contribution in [-0.2, 0) is 12.8 Å². The van der Waals surface area contributed by atoms with Gasteiger partial charge in [-0.15, -0.1) is 13.2 Å². The number of rotatable bonds is 11. The van der Waals surface area contributed by atoms with Crippen LogP contribution in [0, 0.1) is 6.92 Å². The van der Waals surface area contributed by atoms with E-state index in [0.29, 0.717) is 23.0 Å². The summed E-state index contributed by atoms with van der Waals surface area (Å²) < 4.78 is 23.9. The van der Waals surface area contributed by atoms with Crippen LogP contribution >= 0.6 is 0 Å². The minimum atomic E-state index is -0.701. The Kier molecular flexibility index (Phi) is 7.98. The number of aryl methyl sites for hydroxylation is 1. The first-order valence-corrected chi connectivity index (χ1v) is 10.5. The number of hydrogen-bond donors (Lipinski definition) is 0. The van der Waals surface area contributed by atoms with Crippen molar-refractivity contribution in [2.45, 2.75) is 26.1 Å².